The molecule has 1 heterocycles. The van der Waals surface area contributed by atoms with Gasteiger partial charge < -0.3 is 5.32 Å². The van der Waals surface area contributed by atoms with E-state index in [1.54, 1.807) is 24.3 Å². The molecule has 0 unspecified atom stereocenters. The van der Waals surface area contributed by atoms with Crippen LogP contribution in [0.25, 0.3) is 0 Å². The molecule has 1 saturated heterocycles. The molecule has 1 aliphatic rings. The number of likely N-dealkylation sites (tertiary alicyclic amines) is 1. The minimum Gasteiger partial charge on any atom is -0.322 e. The number of para-hydroxylation sites is 1. The van der Waals surface area contributed by atoms with Gasteiger partial charge in [0.15, 0.2) is 0 Å². The number of nitrogens with zero attached hydrogens (tertiary/aromatic N) is 1. The lowest BCUT2D eigenvalue weighted by molar-refractivity contribution is -0.117. The Balaban J connectivity index is 1.59. The highest BCUT2D eigenvalue weighted by molar-refractivity contribution is 5.92. The third-order valence-electron chi connectivity index (χ3n) is 4.35. The van der Waals surface area contributed by atoms with Gasteiger partial charge in [-0.1, -0.05) is 24.3 Å². The average molecular weight is 330 g/mol. The topological polar surface area (TPSA) is 32.3 Å². The summed E-state index contributed by atoms with van der Waals surface area (Å²) in [5, 5.41) is 2.62. The highest BCUT2D eigenvalue weighted by atomic mass is 19.1. The fraction of sp³-hybridized carbons (Fsp3) is 0.316. The molecular weight excluding hydrogens is 310 g/mol. The van der Waals surface area contributed by atoms with Gasteiger partial charge in [-0.3, -0.25) is 9.69 Å². The van der Waals surface area contributed by atoms with Crippen LogP contribution in [0.15, 0.2) is 48.5 Å². The van der Waals surface area contributed by atoms with Crippen molar-refractivity contribution in [3.05, 3.63) is 65.7 Å². The first-order valence-corrected chi connectivity index (χ1v) is 8.15. The van der Waals surface area contributed by atoms with Crippen molar-refractivity contribution in [3.63, 3.8) is 0 Å². The average Bonchev–Trinajstić information content (AvgIpc) is 2.96. The molecule has 0 radical (unpaired) electrons. The Hall–Kier alpha value is -2.27. The van der Waals surface area contributed by atoms with Crippen molar-refractivity contribution in [2.24, 2.45) is 0 Å². The zero-order valence-electron chi connectivity index (χ0n) is 13.3. The monoisotopic (exact) mass is 330 g/mol. The number of hydrogen-bond acceptors (Lipinski definition) is 2. The van der Waals surface area contributed by atoms with Gasteiger partial charge in [0.2, 0.25) is 5.91 Å². The maximum atomic E-state index is 13.6. The number of rotatable bonds is 5. The van der Waals surface area contributed by atoms with Crippen molar-refractivity contribution in [1.82, 2.24) is 4.90 Å². The molecule has 0 aliphatic carbocycles. The lowest BCUT2D eigenvalue weighted by atomic mass is 10.0. The van der Waals surface area contributed by atoms with Gasteiger partial charge in [-0.05, 0) is 55.6 Å². The Kier molecular flexibility index (Phi) is 5.20. The van der Waals surface area contributed by atoms with Gasteiger partial charge >= 0.3 is 0 Å². The van der Waals surface area contributed by atoms with Gasteiger partial charge in [0.25, 0.3) is 0 Å². The van der Waals surface area contributed by atoms with Crippen LogP contribution in [0.5, 0.6) is 0 Å². The second-order valence-corrected chi connectivity index (χ2v) is 6.13. The first kappa shape index (κ1) is 16.6. The summed E-state index contributed by atoms with van der Waals surface area (Å²) in [4.78, 5) is 14.3. The Morgan fingerprint density at radius 1 is 1.17 bits per heavy atom. The van der Waals surface area contributed by atoms with Crippen LogP contribution in [0, 0.1) is 11.6 Å². The predicted octanol–water partition coefficient (Wildman–Crippen LogP) is 3.61. The lowest BCUT2D eigenvalue weighted by Crippen LogP contribution is -2.38. The van der Waals surface area contributed by atoms with Crippen LogP contribution < -0.4 is 5.32 Å². The normalized spacial score (nSPS) is 17.8. The van der Waals surface area contributed by atoms with E-state index >= 15 is 0 Å². The molecule has 2 aromatic rings. The molecule has 0 spiro atoms. The smallest absolute Gasteiger partial charge is 0.238 e. The standard InChI is InChI=1S/C19H20F2N2O/c20-15-6-3-5-14(11-15)12-16-7-4-10-23(16)13-19(24)22-18-9-2-1-8-17(18)21/h1-3,5-6,8-9,11,16H,4,7,10,12-13H2,(H,22,24)/t16-/m1/s1. The molecule has 3 nitrogen and oxygen atoms in total. The van der Waals surface area contributed by atoms with Crippen molar-refractivity contribution in [1.29, 1.82) is 0 Å². The summed E-state index contributed by atoms with van der Waals surface area (Å²) in [6.07, 6.45) is 2.70. The van der Waals surface area contributed by atoms with Crippen LogP contribution >= 0.6 is 0 Å². The molecule has 0 bridgehead atoms. The minimum absolute atomic E-state index is 0.198. The Bertz CT molecular complexity index is 720. The van der Waals surface area contributed by atoms with Crippen molar-refractivity contribution < 1.29 is 13.6 Å². The quantitative estimate of drug-likeness (QED) is 0.908. The van der Waals surface area contributed by atoms with E-state index in [0.717, 1.165) is 24.9 Å². The number of nitrogens with one attached hydrogen (secondary N) is 1. The highest BCUT2D eigenvalue weighted by Crippen LogP contribution is 2.21. The predicted molar refractivity (Wildman–Crippen MR) is 89.7 cm³/mol. The van der Waals surface area contributed by atoms with Crippen LogP contribution in [0.2, 0.25) is 0 Å². The number of anilines is 1. The number of benzene rings is 2. The van der Waals surface area contributed by atoms with Crippen molar-refractivity contribution in [2.45, 2.75) is 25.3 Å². The lowest BCUT2D eigenvalue weighted by Gasteiger charge is -2.24. The van der Waals surface area contributed by atoms with Crippen LogP contribution in [-0.2, 0) is 11.2 Å². The maximum Gasteiger partial charge on any atom is 0.238 e. The number of carbonyl (C=O) groups is 1. The van der Waals surface area contributed by atoms with Gasteiger partial charge in [-0.2, -0.15) is 0 Å². The number of carbonyl (C=O) groups excluding carboxylic acids is 1. The highest BCUT2D eigenvalue weighted by Gasteiger charge is 2.26. The summed E-state index contributed by atoms with van der Waals surface area (Å²) in [5.41, 5.74) is 1.13. The van der Waals surface area contributed by atoms with E-state index in [-0.39, 0.29) is 30.0 Å². The van der Waals surface area contributed by atoms with E-state index in [2.05, 4.69) is 10.2 Å². The third kappa shape index (κ3) is 4.17. The van der Waals surface area contributed by atoms with Gasteiger partial charge in [-0.25, -0.2) is 8.78 Å². The molecule has 0 aromatic heterocycles. The summed E-state index contributed by atoms with van der Waals surface area (Å²) in [6.45, 7) is 1.04. The van der Waals surface area contributed by atoms with Crippen molar-refractivity contribution in [2.75, 3.05) is 18.4 Å². The molecule has 5 heteroatoms. The van der Waals surface area contributed by atoms with E-state index < -0.39 is 5.82 Å². The van der Waals surface area contributed by atoms with E-state index in [1.807, 2.05) is 6.07 Å². The summed E-state index contributed by atoms with van der Waals surface area (Å²) < 4.78 is 26.9. The molecule has 1 aliphatic heterocycles. The molecule has 1 N–H and O–H groups in total. The summed E-state index contributed by atoms with van der Waals surface area (Å²) >= 11 is 0. The summed E-state index contributed by atoms with van der Waals surface area (Å²) in [5.74, 6) is -0.913. The summed E-state index contributed by atoms with van der Waals surface area (Å²) in [7, 11) is 0. The van der Waals surface area contributed by atoms with E-state index in [4.69, 9.17) is 0 Å². The molecule has 0 saturated carbocycles. The molecule has 1 atom stereocenters. The van der Waals surface area contributed by atoms with Gasteiger partial charge in [0.05, 0.1) is 12.2 Å². The number of halogens is 2. The molecule has 24 heavy (non-hydrogen) atoms. The molecule has 1 fully saturated rings. The van der Waals surface area contributed by atoms with Gasteiger partial charge in [0, 0.05) is 6.04 Å². The fourth-order valence-electron chi connectivity index (χ4n) is 3.21. The zero-order valence-corrected chi connectivity index (χ0v) is 13.3. The van der Waals surface area contributed by atoms with E-state index in [9.17, 15) is 13.6 Å². The van der Waals surface area contributed by atoms with Crippen LogP contribution in [0.3, 0.4) is 0 Å². The zero-order chi connectivity index (χ0) is 16.9. The maximum absolute atomic E-state index is 13.6. The van der Waals surface area contributed by atoms with Crippen molar-refractivity contribution in [3.8, 4) is 0 Å². The SMILES string of the molecule is O=C(CN1CCC[C@@H]1Cc1cccc(F)c1)Nc1ccccc1F. The fourth-order valence-corrected chi connectivity index (χ4v) is 3.21. The van der Waals surface area contributed by atoms with Gasteiger partial charge in [-0.15, -0.1) is 0 Å². The van der Waals surface area contributed by atoms with E-state index in [1.165, 1.54) is 18.2 Å². The summed E-state index contributed by atoms with van der Waals surface area (Å²) in [6, 6.07) is 12.9. The van der Waals surface area contributed by atoms with E-state index in [0.29, 0.717) is 6.42 Å². The number of hydrogen-bond donors (Lipinski definition) is 1. The molecule has 2 aromatic carbocycles. The van der Waals surface area contributed by atoms with Crippen molar-refractivity contribution >= 4 is 11.6 Å². The first-order valence-electron chi connectivity index (χ1n) is 8.15. The molecule has 3 rings (SSSR count). The Morgan fingerprint density at radius 2 is 2.00 bits per heavy atom. The largest absolute Gasteiger partial charge is 0.322 e. The van der Waals surface area contributed by atoms with Gasteiger partial charge in [0.1, 0.15) is 11.6 Å². The van der Waals surface area contributed by atoms with Crippen LogP contribution in [-0.4, -0.2) is 29.9 Å². The third-order valence-corrected chi connectivity index (χ3v) is 4.35. The van der Waals surface area contributed by atoms with Crippen LogP contribution in [0.4, 0.5) is 14.5 Å². The second-order valence-electron chi connectivity index (χ2n) is 6.13. The number of amides is 1. The van der Waals surface area contributed by atoms with Crippen LogP contribution in [0.1, 0.15) is 18.4 Å². The molecule has 126 valence electrons. The Morgan fingerprint density at radius 3 is 2.79 bits per heavy atom. The molecular formula is C19H20F2N2O. The first-order chi connectivity index (χ1) is 11.6. The molecule has 1 amide bonds. The minimum atomic E-state index is -0.441. The second kappa shape index (κ2) is 7.53. The Labute approximate surface area is 140 Å².